The van der Waals surface area contributed by atoms with E-state index >= 15 is 0 Å². The normalized spacial score (nSPS) is 10.4. The van der Waals surface area contributed by atoms with Crippen molar-refractivity contribution < 1.29 is 4.74 Å². The molecule has 0 saturated heterocycles. The van der Waals surface area contributed by atoms with Crippen molar-refractivity contribution in [1.29, 1.82) is 5.26 Å². The molecular formula is C19H18N4O. The van der Waals surface area contributed by atoms with Crippen molar-refractivity contribution in [3.63, 3.8) is 0 Å². The first-order chi connectivity index (χ1) is 11.6. The summed E-state index contributed by atoms with van der Waals surface area (Å²) >= 11 is 0. The predicted octanol–water partition coefficient (Wildman–Crippen LogP) is 3.64. The van der Waals surface area contributed by atoms with Gasteiger partial charge in [-0.3, -0.25) is 4.98 Å². The maximum Gasteiger partial charge on any atom is 0.143 e. The quantitative estimate of drug-likeness (QED) is 0.736. The largest absolute Gasteiger partial charge is 0.485 e. The van der Waals surface area contributed by atoms with Crippen molar-refractivity contribution in [3.8, 4) is 17.5 Å². The fourth-order valence-corrected chi connectivity index (χ4v) is 2.68. The molecule has 0 radical (unpaired) electrons. The Balaban J connectivity index is 2.00. The maximum atomic E-state index is 9.49. The van der Waals surface area contributed by atoms with Crippen molar-refractivity contribution in [3.05, 3.63) is 70.8 Å². The van der Waals surface area contributed by atoms with Gasteiger partial charge in [-0.15, -0.1) is 0 Å². The Labute approximate surface area is 141 Å². The molecule has 0 fully saturated rings. The Morgan fingerprint density at radius 3 is 2.50 bits per heavy atom. The van der Waals surface area contributed by atoms with E-state index in [1.165, 1.54) is 0 Å². The summed E-state index contributed by atoms with van der Waals surface area (Å²) < 4.78 is 7.77. The number of hydrogen-bond donors (Lipinski definition) is 0. The first-order valence-corrected chi connectivity index (χ1v) is 7.71. The molecule has 3 aromatic rings. The van der Waals surface area contributed by atoms with Gasteiger partial charge in [-0.2, -0.15) is 10.4 Å². The molecule has 0 N–H and O–H groups in total. The molecular weight excluding hydrogens is 300 g/mol. The molecule has 2 aromatic heterocycles. The predicted molar refractivity (Wildman–Crippen MR) is 91.1 cm³/mol. The zero-order chi connectivity index (χ0) is 17.1. The van der Waals surface area contributed by atoms with Gasteiger partial charge in [0.25, 0.3) is 0 Å². The van der Waals surface area contributed by atoms with E-state index in [4.69, 9.17) is 4.74 Å². The molecule has 0 aliphatic heterocycles. The highest BCUT2D eigenvalue weighted by Gasteiger charge is 2.17. The van der Waals surface area contributed by atoms with Gasteiger partial charge in [-0.1, -0.05) is 18.2 Å². The summed E-state index contributed by atoms with van der Waals surface area (Å²) in [7, 11) is 0. The number of para-hydroxylation sites is 1. The molecule has 0 amide bonds. The minimum atomic E-state index is 0.256. The average Bonchev–Trinajstić information content (AvgIpc) is 2.91. The highest BCUT2D eigenvalue weighted by molar-refractivity contribution is 5.44. The Morgan fingerprint density at radius 1 is 1.08 bits per heavy atom. The van der Waals surface area contributed by atoms with Crippen molar-refractivity contribution in [2.45, 2.75) is 27.4 Å². The van der Waals surface area contributed by atoms with Crippen LogP contribution in [0.25, 0.3) is 5.69 Å². The minimum absolute atomic E-state index is 0.256. The third kappa shape index (κ3) is 2.86. The lowest BCUT2D eigenvalue weighted by molar-refractivity contribution is 0.291. The molecule has 0 unspecified atom stereocenters. The zero-order valence-electron chi connectivity index (χ0n) is 13.9. The third-order valence-corrected chi connectivity index (χ3v) is 3.90. The first kappa shape index (κ1) is 15.8. The second kappa shape index (κ2) is 6.55. The van der Waals surface area contributed by atoms with Crippen LogP contribution in [0.3, 0.4) is 0 Å². The molecule has 0 saturated carbocycles. The fraction of sp³-hybridized carbons (Fsp3) is 0.211. The number of hydrogen-bond acceptors (Lipinski definition) is 4. The van der Waals surface area contributed by atoms with Gasteiger partial charge in [-0.05, 0) is 44.5 Å². The van der Waals surface area contributed by atoms with Crippen LogP contribution in [0.1, 0.15) is 28.2 Å². The van der Waals surface area contributed by atoms with Crippen LogP contribution in [0.15, 0.2) is 42.6 Å². The summed E-state index contributed by atoms with van der Waals surface area (Å²) in [6, 6.07) is 13.9. The van der Waals surface area contributed by atoms with E-state index in [9.17, 15) is 5.26 Å². The summed E-state index contributed by atoms with van der Waals surface area (Å²) in [6.07, 6.45) is 1.76. The molecule has 2 heterocycles. The second-order valence-electron chi connectivity index (χ2n) is 5.60. The molecule has 5 heteroatoms. The number of ether oxygens (including phenoxy) is 1. The average molecular weight is 318 g/mol. The number of aryl methyl sites for hydroxylation is 3. The zero-order valence-corrected chi connectivity index (χ0v) is 13.9. The SMILES string of the molecule is Cc1ccnc(C)c1OCc1c(C#N)c(C)nn1-c1ccccc1. The number of nitrogens with zero attached hydrogens (tertiary/aromatic N) is 4. The number of benzene rings is 1. The highest BCUT2D eigenvalue weighted by atomic mass is 16.5. The first-order valence-electron chi connectivity index (χ1n) is 7.71. The maximum absolute atomic E-state index is 9.49. The highest BCUT2D eigenvalue weighted by Crippen LogP contribution is 2.24. The van der Waals surface area contributed by atoms with Crippen LogP contribution >= 0.6 is 0 Å². The van der Waals surface area contributed by atoms with Crippen LogP contribution in [0.4, 0.5) is 0 Å². The summed E-state index contributed by atoms with van der Waals surface area (Å²) in [5.41, 5.74) is 4.74. The smallest absolute Gasteiger partial charge is 0.143 e. The Kier molecular flexibility index (Phi) is 4.30. The van der Waals surface area contributed by atoms with Gasteiger partial charge in [0.2, 0.25) is 0 Å². The van der Waals surface area contributed by atoms with Gasteiger partial charge >= 0.3 is 0 Å². The van der Waals surface area contributed by atoms with Crippen LogP contribution in [0.2, 0.25) is 0 Å². The van der Waals surface area contributed by atoms with E-state index in [-0.39, 0.29) is 6.61 Å². The van der Waals surface area contributed by atoms with Crippen LogP contribution in [0.5, 0.6) is 5.75 Å². The van der Waals surface area contributed by atoms with Crippen LogP contribution in [-0.4, -0.2) is 14.8 Å². The summed E-state index contributed by atoms with van der Waals surface area (Å²) in [5.74, 6) is 0.750. The van der Waals surface area contributed by atoms with Crippen LogP contribution in [0, 0.1) is 32.1 Å². The van der Waals surface area contributed by atoms with Gasteiger partial charge in [0, 0.05) is 6.20 Å². The Hall–Kier alpha value is -3.13. The van der Waals surface area contributed by atoms with Gasteiger partial charge in [-0.25, -0.2) is 4.68 Å². The van der Waals surface area contributed by atoms with E-state index in [0.717, 1.165) is 28.4 Å². The monoisotopic (exact) mass is 318 g/mol. The fourth-order valence-electron chi connectivity index (χ4n) is 2.68. The molecule has 0 bridgehead atoms. The van der Waals surface area contributed by atoms with E-state index in [0.29, 0.717) is 11.3 Å². The number of aromatic nitrogens is 3. The summed E-state index contributed by atoms with van der Waals surface area (Å²) in [6.45, 7) is 5.98. The van der Waals surface area contributed by atoms with Gasteiger partial charge in [0.15, 0.2) is 0 Å². The lowest BCUT2D eigenvalue weighted by Gasteiger charge is -2.13. The molecule has 0 spiro atoms. The molecule has 120 valence electrons. The lowest BCUT2D eigenvalue weighted by Crippen LogP contribution is -2.08. The van der Waals surface area contributed by atoms with Crippen molar-refractivity contribution in [1.82, 2.24) is 14.8 Å². The van der Waals surface area contributed by atoms with E-state index < -0.39 is 0 Å². The van der Waals surface area contributed by atoms with Crippen LogP contribution in [-0.2, 0) is 6.61 Å². The Bertz CT molecular complexity index is 887. The van der Waals surface area contributed by atoms with Crippen molar-refractivity contribution in [2.75, 3.05) is 0 Å². The van der Waals surface area contributed by atoms with Crippen LogP contribution < -0.4 is 4.74 Å². The molecule has 0 aliphatic carbocycles. The minimum Gasteiger partial charge on any atom is -0.485 e. The van der Waals surface area contributed by atoms with E-state index in [2.05, 4.69) is 16.2 Å². The molecule has 0 atom stereocenters. The molecule has 5 nitrogen and oxygen atoms in total. The van der Waals surface area contributed by atoms with Crippen molar-refractivity contribution >= 4 is 0 Å². The number of pyridine rings is 1. The van der Waals surface area contributed by atoms with Gasteiger partial charge < -0.3 is 4.74 Å². The van der Waals surface area contributed by atoms with Gasteiger partial charge in [0.05, 0.1) is 22.8 Å². The van der Waals surface area contributed by atoms with Gasteiger partial charge in [0.1, 0.15) is 24.0 Å². The topological polar surface area (TPSA) is 63.7 Å². The summed E-state index contributed by atoms with van der Waals surface area (Å²) in [4.78, 5) is 4.27. The standard InChI is InChI=1S/C19H18N4O/c1-13-9-10-21-15(3)19(13)24-12-18-17(11-20)14(2)22-23(18)16-7-5-4-6-8-16/h4-10H,12H2,1-3H3. The summed E-state index contributed by atoms with van der Waals surface area (Å²) in [5, 5.41) is 14.0. The van der Waals surface area contributed by atoms with E-state index in [1.54, 1.807) is 10.9 Å². The molecule has 0 aliphatic rings. The Morgan fingerprint density at radius 2 is 1.83 bits per heavy atom. The number of rotatable bonds is 4. The molecule has 3 rings (SSSR count). The van der Waals surface area contributed by atoms with Crippen molar-refractivity contribution in [2.24, 2.45) is 0 Å². The van der Waals surface area contributed by atoms with E-state index in [1.807, 2.05) is 57.2 Å². The lowest BCUT2D eigenvalue weighted by atomic mass is 10.2. The third-order valence-electron chi connectivity index (χ3n) is 3.90. The number of nitriles is 1. The molecule has 1 aromatic carbocycles. The second-order valence-corrected chi connectivity index (χ2v) is 5.60. The molecule has 24 heavy (non-hydrogen) atoms.